The van der Waals surface area contributed by atoms with Gasteiger partial charge in [0.1, 0.15) is 11.6 Å². The molecule has 6 heteroatoms. The molecule has 0 aromatic carbocycles. The number of aryl methyl sites for hydroxylation is 2. The van der Waals surface area contributed by atoms with Gasteiger partial charge in [0.15, 0.2) is 0 Å². The molecule has 0 fully saturated rings. The van der Waals surface area contributed by atoms with Crippen molar-refractivity contribution < 1.29 is 0 Å². The second-order valence-electron chi connectivity index (χ2n) is 5.38. The first-order chi connectivity index (χ1) is 9.56. The number of nitrogens with zero attached hydrogens (tertiary/aromatic N) is 6. The molecule has 2 aromatic heterocycles. The molecule has 0 aliphatic rings. The van der Waals surface area contributed by atoms with E-state index in [9.17, 15) is 0 Å². The van der Waals surface area contributed by atoms with Crippen LogP contribution in [0.5, 0.6) is 0 Å². The van der Waals surface area contributed by atoms with Crippen LogP contribution in [-0.4, -0.2) is 56.1 Å². The Hall–Kier alpha value is -1.66. The number of rotatable bonds is 7. The first-order valence-electron chi connectivity index (χ1n) is 6.85. The topological polar surface area (TPSA) is 42.1 Å². The summed E-state index contributed by atoms with van der Waals surface area (Å²) in [6, 6.07) is 0. The van der Waals surface area contributed by atoms with Gasteiger partial charge in [-0.1, -0.05) is 0 Å². The molecule has 0 bridgehead atoms. The van der Waals surface area contributed by atoms with Crippen molar-refractivity contribution in [1.82, 2.24) is 28.9 Å². The van der Waals surface area contributed by atoms with Crippen molar-refractivity contribution >= 4 is 0 Å². The van der Waals surface area contributed by atoms with E-state index in [4.69, 9.17) is 0 Å². The van der Waals surface area contributed by atoms with Gasteiger partial charge >= 0.3 is 0 Å². The van der Waals surface area contributed by atoms with E-state index >= 15 is 0 Å². The van der Waals surface area contributed by atoms with Gasteiger partial charge in [0.2, 0.25) is 0 Å². The maximum atomic E-state index is 4.35. The summed E-state index contributed by atoms with van der Waals surface area (Å²) in [4.78, 5) is 13.3. The first kappa shape index (κ1) is 14.7. The van der Waals surface area contributed by atoms with E-state index < -0.39 is 0 Å². The van der Waals surface area contributed by atoms with Gasteiger partial charge in [-0.15, -0.1) is 0 Å². The lowest BCUT2D eigenvalue weighted by Crippen LogP contribution is -2.31. The molecule has 0 saturated heterocycles. The van der Waals surface area contributed by atoms with Gasteiger partial charge in [0, 0.05) is 52.0 Å². The van der Waals surface area contributed by atoms with Crippen molar-refractivity contribution in [2.24, 2.45) is 14.1 Å². The third kappa shape index (κ3) is 3.91. The molecule has 0 N–H and O–H groups in total. The molecule has 0 radical (unpaired) electrons. The van der Waals surface area contributed by atoms with Gasteiger partial charge in [-0.2, -0.15) is 0 Å². The minimum Gasteiger partial charge on any atom is -0.337 e. The molecule has 2 heterocycles. The Labute approximate surface area is 120 Å². The standard InChI is InChI=1S/C14H24N6/c1-17(11-13-15-5-7-19(13)3)9-10-18(2)12-14-16-6-8-20(14)4/h5-8H,9-12H2,1-4H3. The lowest BCUT2D eigenvalue weighted by atomic mass is 10.4. The van der Waals surface area contributed by atoms with Crippen molar-refractivity contribution in [2.45, 2.75) is 13.1 Å². The summed E-state index contributed by atoms with van der Waals surface area (Å²) in [5.74, 6) is 2.19. The van der Waals surface area contributed by atoms with E-state index in [0.29, 0.717) is 0 Å². The van der Waals surface area contributed by atoms with E-state index in [0.717, 1.165) is 37.8 Å². The van der Waals surface area contributed by atoms with E-state index in [2.05, 4.69) is 43.0 Å². The lowest BCUT2D eigenvalue weighted by Gasteiger charge is -2.21. The average molecular weight is 276 g/mol. The molecule has 2 aromatic rings. The van der Waals surface area contributed by atoms with Crippen LogP contribution < -0.4 is 0 Å². The Morgan fingerprint density at radius 3 is 1.55 bits per heavy atom. The highest BCUT2D eigenvalue weighted by Crippen LogP contribution is 2.02. The second kappa shape index (κ2) is 6.67. The van der Waals surface area contributed by atoms with Crippen LogP contribution in [0.15, 0.2) is 24.8 Å². The minimum absolute atomic E-state index is 0.875. The number of aromatic nitrogens is 4. The van der Waals surface area contributed by atoms with E-state index in [1.807, 2.05) is 38.9 Å². The van der Waals surface area contributed by atoms with Crippen molar-refractivity contribution in [3.8, 4) is 0 Å². The molecule has 20 heavy (non-hydrogen) atoms. The largest absolute Gasteiger partial charge is 0.337 e. The summed E-state index contributed by atoms with van der Waals surface area (Å²) in [7, 11) is 8.32. The molecule has 0 spiro atoms. The van der Waals surface area contributed by atoms with Gasteiger partial charge < -0.3 is 9.13 Å². The zero-order chi connectivity index (χ0) is 14.5. The molecule has 6 nitrogen and oxygen atoms in total. The highest BCUT2D eigenvalue weighted by Gasteiger charge is 2.08. The predicted octanol–water partition coefficient (Wildman–Crippen LogP) is 0.717. The Balaban J connectivity index is 1.74. The molecule has 0 aliphatic carbocycles. The van der Waals surface area contributed by atoms with Crippen molar-refractivity contribution in [1.29, 1.82) is 0 Å². The number of imidazole rings is 2. The van der Waals surface area contributed by atoms with Gasteiger partial charge in [-0.3, -0.25) is 9.80 Å². The number of likely N-dealkylation sites (N-methyl/N-ethyl adjacent to an activating group) is 2. The van der Waals surface area contributed by atoms with E-state index in [1.165, 1.54) is 0 Å². The van der Waals surface area contributed by atoms with Crippen LogP contribution in [0.4, 0.5) is 0 Å². The molecular formula is C14H24N6. The molecule has 0 unspecified atom stereocenters. The summed E-state index contributed by atoms with van der Waals surface area (Å²) in [6.07, 6.45) is 7.65. The quantitative estimate of drug-likeness (QED) is 0.747. The van der Waals surface area contributed by atoms with Crippen LogP contribution in [0.3, 0.4) is 0 Å². The third-order valence-electron chi connectivity index (χ3n) is 3.53. The third-order valence-corrected chi connectivity index (χ3v) is 3.53. The molecule has 0 aliphatic heterocycles. The predicted molar refractivity (Wildman–Crippen MR) is 79.1 cm³/mol. The minimum atomic E-state index is 0.875. The van der Waals surface area contributed by atoms with Gasteiger partial charge in [-0.05, 0) is 14.1 Å². The molecule has 0 atom stereocenters. The summed E-state index contributed by atoms with van der Waals surface area (Å²) in [5, 5.41) is 0. The van der Waals surface area contributed by atoms with Gasteiger partial charge in [0.25, 0.3) is 0 Å². The van der Waals surface area contributed by atoms with Crippen LogP contribution >= 0.6 is 0 Å². The maximum Gasteiger partial charge on any atom is 0.122 e. The Bertz CT molecular complexity index is 481. The fraction of sp³-hybridized carbons (Fsp3) is 0.571. The Morgan fingerprint density at radius 2 is 1.25 bits per heavy atom. The van der Waals surface area contributed by atoms with E-state index in [1.54, 1.807) is 0 Å². The van der Waals surface area contributed by atoms with Crippen molar-refractivity contribution in [3.05, 3.63) is 36.4 Å². The van der Waals surface area contributed by atoms with Gasteiger partial charge in [-0.25, -0.2) is 9.97 Å². The van der Waals surface area contributed by atoms with E-state index in [-0.39, 0.29) is 0 Å². The monoisotopic (exact) mass is 276 g/mol. The smallest absolute Gasteiger partial charge is 0.122 e. The van der Waals surface area contributed by atoms with Gasteiger partial charge in [0.05, 0.1) is 13.1 Å². The van der Waals surface area contributed by atoms with Crippen LogP contribution in [-0.2, 0) is 27.2 Å². The summed E-state index contributed by atoms with van der Waals surface area (Å²) >= 11 is 0. The van der Waals surface area contributed by atoms with Crippen molar-refractivity contribution in [2.75, 3.05) is 27.2 Å². The Kier molecular flexibility index (Phi) is 4.92. The first-order valence-corrected chi connectivity index (χ1v) is 6.85. The number of hydrogen-bond donors (Lipinski definition) is 0. The Morgan fingerprint density at radius 1 is 0.850 bits per heavy atom. The molecule has 2 rings (SSSR count). The zero-order valence-corrected chi connectivity index (χ0v) is 12.8. The fourth-order valence-electron chi connectivity index (χ4n) is 2.08. The summed E-state index contributed by atoms with van der Waals surface area (Å²) < 4.78 is 4.13. The molecule has 0 amide bonds. The fourth-order valence-corrected chi connectivity index (χ4v) is 2.08. The SMILES string of the molecule is CN(CCN(C)Cc1nccn1C)Cc1nccn1C. The highest BCUT2D eigenvalue weighted by atomic mass is 15.2. The number of hydrogen-bond acceptors (Lipinski definition) is 4. The van der Waals surface area contributed by atoms with Crippen LogP contribution in [0.1, 0.15) is 11.6 Å². The highest BCUT2D eigenvalue weighted by molar-refractivity contribution is 4.91. The maximum absolute atomic E-state index is 4.35. The lowest BCUT2D eigenvalue weighted by molar-refractivity contribution is 0.238. The van der Waals surface area contributed by atoms with Crippen LogP contribution in [0, 0.1) is 0 Å². The molecule has 0 saturated carbocycles. The van der Waals surface area contributed by atoms with Crippen LogP contribution in [0.25, 0.3) is 0 Å². The summed E-state index contributed by atoms with van der Waals surface area (Å²) in [6.45, 7) is 3.76. The zero-order valence-electron chi connectivity index (χ0n) is 12.8. The normalized spacial score (nSPS) is 11.7. The summed E-state index contributed by atoms with van der Waals surface area (Å²) in [5.41, 5.74) is 0. The average Bonchev–Trinajstić information content (AvgIpc) is 2.98. The van der Waals surface area contributed by atoms with Crippen molar-refractivity contribution in [3.63, 3.8) is 0 Å². The molecule has 110 valence electrons. The van der Waals surface area contributed by atoms with Crippen LogP contribution in [0.2, 0.25) is 0 Å². The molecular weight excluding hydrogens is 252 g/mol. The second-order valence-corrected chi connectivity index (χ2v) is 5.38.